The molecule has 2 N–H and O–H groups in total. The first-order valence-corrected chi connectivity index (χ1v) is 6.02. The molecule has 0 unspecified atom stereocenters. The Labute approximate surface area is 101 Å². The molecule has 1 amide bonds. The fraction of sp³-hybridized carbons (Fsp3) is 0.444. The number of thiophene rings is 1. The zero-order valence-electron chi connectivity index (χ0n) is 7.72. The monoisotopic (exact) mass is 265 g/mol. The van der Waals surface area contributed by atoms with Crippen molar-refractivity contribution >= 4 is 40.4 Å². The van der Waals surface area contributed by atoms with E-state index < -0.39 is 5.54 Å². The topological polar surface area (TPSA) is 49.3 Å². The summed E-state index contributed by atoms with van der Waals surface area (Å²) in [6.07, 6.45) is 1.62. The molecule has 1 fully saturated rings. The highest BCUT2D eigenvalue weighted by molar-refractivity contribution is 7.20. The quantitative estimate of drug-likeness (QED) is 0.882. The van der Waals surface area contributed by atoms with Crippen molar-refractivity contribution in [3.63, 3.8) is 0 Å². The Balaban J connectivity index is 2.11. The van der Waals surface area contributed by atoms with E-state index in [1.165, 1.54) is 6.07 Å². The lowest BCUT2D eigenvalue weighted by atomic mass is 10.2. The van der Waals surface area contributed by atoms with Gasteiger partial charge in [0.15, 0.2) is 0 Å². The van der Waals surface area contributed by atoms with Gasteiger partial charge in [0.1, 0.15) is 4.34 Å². The van der Waals surface area contributed by atoms with Gasteiger partial charge in [0, 0.05) is 0 Å². The summed E-state index contributed by atoms with van der Waals surface area (Å²) < 4.78 is 0.866. The molecule has 2 rings (SSSR count). The summed E-state index contributed by atoms with van der Waals surface area (Å²) in [5, 5.41) is 11.8. The molecule has 1 aromatic rings. The summed E-state index contributed by atoms with van der Waals surface area (Å²) in [4.78, 5) is 11.7. The maximum atomic E-state index is 11.7. The van der Waals surface area contributed by atoms with Gasteiger partial charge in [-0.3, -0.25) is 4.79 Å². The minimum absolute atomic E-state index is 0.0335. The first kappa shape index (κ1) is 11.2. The van der Waals surface area contributed by atoms with Gasteiger partial charge in [-0.25, -0.2) is 0 Å². The third-order valence-electron chi connectivity index (χ3n) is 2.44. The smallest absolute Gasteiger partial charge is 0.254 e. The summed E-state index contributed by atoms with van der Waals surface area (Å²) in [7, 11) is 0. The van der Waals surface area contributed by atoms with Gasteiger partial charge in [0.2, 0.25) is 0 Å². The van der Waals surface area contributed by atoms with E-state index in [0.717, 1.165) is 24.2 Å². The molecule has 1 saturated carbocycles. The maximum absolute atomic E-state index is 11.7. The number of amides is 1. The highest BCUT2D eigenvalue weighted by Gasteiger charge is 2.43. The molecule has 15 heavy (non-hydrogen) atoms. The van der Waals surface area contributed by atoms with Crippen LogP contribution in [0.3, 0.4) is 0 Å². The van der Waals surface area contributed by atoms with Gasteiger partial charge in [0.25, 0.3) is 5.91 Å². The molecule has 82 valence electrons. The van der Waals surface area contributed by atoms with E-state index in [0.29, 0.717) is 14.2 Å². The average molecular weight is 266 g/mol. The van der Waals surface area contributed by atoms with E-state index >= 15 is 0 Å². The number of rotatable bonds is 3. The minimum atomic E-state index is -0.422. The van der Waals surface area contributed by atoms with Crippen molar-refractivity contribution in [3.05, 3.63) is 20.3 Å². The molecular formula is C9H9Cl2NO2S. The lowest BCUT2D eigenvalue weighted by molar-refractivity contribution is 0.0907. The molecule has 0 spiro atoms. The Kier molecular flexibility index (Phi) is 2.94. The zero-order chi connectivity index (χ0) is 11.1. The van der Waals surface area contributed by atoms with E-state index in [2.05, 4.69) is 5.32 Å². The molecule has 1 aliphatic rings. The van der Waals surface area contributed by atoms with Crippen LogP contribution < -0.4 is 5.32 Å². The van der Waals surface area contributed by atoms with Gasteiger partial charge in [0.05, 0.1) is 22.0 Å². The largest absolute Gasteiger partial charge is 0.394 e. The standard InChI is InChI=1S/C9H9Cl2NO2S/c10-6-3-5(7(11)15-6)8(14)12-9(4-13)1-2-9/h3,13H,1-2,4H2,(H,12,14). The lowest BCUT2D eigenvalue weighted by Crippen LogP contribution is -2.39. The Morgan fingerprint density at radius 2 is 2.27 bits per heavy atom. The van der Waals surface area contributed by atoms with Crippen LogP contribution >= 0.6 is 34.5 Å². The van der Waals surface area contributed by atoms with Crippen LogP contribution in [0.5, 0.6) is 0 Å². The van der Waals surface area contributed by atoms with E-state index in [9.17, 15) is 4.79 Å². The highest BCUT2D eigenvalue weighted by atomic mass is 35.5. The number of halogens is 2. The zero-order valence-corrected chi connectivity index (χ0v) is 10.0. The van der Waals surface area contributed by atoms with Gasteiger partial charge in [-0.2, -0.15) is 0 Å². The molecule has 0 radical (unpaired) electrons. The number of aliphatic hydroxyl groups is 1. The van der Waals surface area contributed by atoms with Crippen molar-refractivity contribution in [2.45, 2.75) is 18.4 Å². The molecule has 1 heterocycles. The molecular weight excluding hydrogens is 257 g/mol. The second-order valence-electron chi connectivity index (χ2n) is 3.63. The Morgan fingerprint density at radius 1 is 1.60 bits per heavy atom. The molecule has 1 aliphatic carbocycles. The summed E-state index contributed by atoms with van der Waals surface area (Å²) in [5.74, 6) is -0.269. The molecule has 6 heteroatoms. The first-order valence-electron chi connectivity index (χ1n) is 4.44. The van der Waals surface area contributed by atoms with Gasteiger partial charge in [-0.1, -0.05) is 23.2 Å². The van der Waals surface area contributed by atoms with Crippen LogP contribution in [0.1, 0.15) is 23.2 Å². The molecule has 0 aromatic carbocycles. The third kappa shape index (κ3) is 2.28. The first-order chi connectivity index (χ1) is 7.06. The number of nitrogens with one attached hydrogen (secondary N) is 1. The number of carbonyl (C=O) groups excluding carboxylic acids is 1. The molecule has 0 atom stereocenters. The summed E-state index contributed by atoms with van der Waals surface area (Å²) >= 11 is 12.7. The van der Waals surface area contributed by atoms with Crippen LogP contribution in [-0.2, 0) is 0 Å². The Bertz CT molecular complexity index is 401. The number of hydrogen-bond donors (Lipinski definition) is 2. The molecule has 1 aromatic heterocycles. The van der Waals surface area contributed by atoms with Crippen molar-refractivity contribution in [2.24, 2.45) is 0 Å². The lowest BCUT2D eigenvalue weighted by Gasteiger charge is -2.13. The molecule has 0 bridgehead atoms. The SMILES string of the molecule is O=C(NC1(CO)CC1)c1cc(Cl)sc1Cl. The van der Waals surface area contributed by atoms with E-state index in [1.54, 1.807) is 0 Å². The molecule has 0 saturated heterocycles. The Morgan fingerprint density at radius 3 is 2.67 bits per heavy atom. The maximum Gasteiger partial charge on any atom is 0.254 e. The van der Waals surface area contributed by atoms with Crippen LogP contribution in [0.15, 0.2) is 6.07 Å². The Hall–Kier alpha value is -0.290. The predicted molar refractivity (Wildman–Crippen MR) is 60.9 cm³/mol. The van der Waals surface area contributed by atoms with Crippen molar-refractivity contribution < 1.29 is 9.90 Å². The molecule has 0 aliphatic heterocycles. The van der Waals surface area contributed by atoms with Crippen LogP contribution in [0.2, 0.25) is 8.67 Å². The predicted octanol–water partition coefficient (Wildman–Crippen LogP) is 2.31. The van der Waals surface area contributed by atoms with E-state index in [4.69, 9.17) is 28.3 Å². The fourth-order valence-electron chi connectivity index (χ4n) is 1.28. The van der Waals surface area contributed by atoms with Crippen molar-refractivity contribution in [1.82, 2.24) is 5.32 Å². The fourth-order valence-corrected chi connectivity index (χ4v) is 2.74. The van der Waals surface area contributed by atoms with Crippen LogP contribution in [0, 0.1) is 0 Å². The second kappa shape index (κ2) is 3.94. The van der Waals surface area contributed by atoms with Gasteiger partial charge >= 0.3 is 0 Å². The van der Waals surface area contributed by atoms with Crippen molar-refractivity contribution in [1.29, 1.82) is 0 Å². The number of aliphatic hydroxyl groups excluding tert-OH is 1. The number of carbonyl (C=O) groups is 1. The third-order valence-corrected chi connectivity index (χ3v) is 3.92. The summed E-state index contributed by atoms with van der Waals surface area (Å²) in [6, 6.07) is 1.54. The average Bonchev–Trinajstić information content (AvgIpc) is 2.86. The summed E-state index contributed by atoms with van der Waals surface area (Å²) in [5.41, 5.74) is -0.0409. The highest BCUT2D eigenvalue weighted by Crippen LogP contribution is 2.36. The summed E-state index contributed by atoms with van der Waals surface area (Å²) in [6.45, 7) is -0.0335. The minimum Gasteiger partial charge on any atom is -0.394 e. The van der Waals surface area contributed by atoms with Crippen LogP contribution in [0.25, 0.3) is 0 Å². The van der Waals surface area contributed by atoms with Crippen molar-refractivity contribution in [2.75, 3.05) is 6.61 Å². The molecule has 3 nitrogen and oxygen atoms in total. The van der Waals surface area contributed by atoms with Gasteiger partial charge in [-0.05, 0) is 18.9 Å². The van der Waals surface area contributed by atoms with E-state index in [-0.39, 0.29) is 12.5 Å². The van der Waals surface area contributed by atoms with E-state index in [1.807, 2.05) is 0 Å². The van der Waals surface area contributed by atoms with Crippen molar-refractivity contribution in [3.8, 4) is 0 Å². The van der Waals surface area contributed by atoms with Gasteiger partial charge < -0.3 is 10.4 Å². The second-order valence-corrected chi connectivity index (χ2v) is 5.92. The number of hydrogen-bond acceptors (Lipinski definition) is 3. The normalized spacial score (nSPS) is 17.5. The van der Waals surface area contributed by atoms with Gasteiger partial charge in [-0.15, -0.1) is 11.3 Å². The van der Waals surface area contributed by atoms with Crippen LogP contribution in [-0.4, -0.2) is 23.2 Å². The van der Waals surface area contributed by atoms with Crippen LogP contribution in [0.4, 0.5) is 0 Å².